The van der Waals surface area contributed by atoms with Gasteiger partial charge in [-0.3, -0.25) is 9.69 Å². The van der Waals surface area contributed by atoms with Crippen LogP contribution in [0, 0.1) is 5.82 Å². The molecule has 0 aliphatic carbocycles. The van der Waals surface area contributed by atoms with Crippen LogP contribution >= 0.6 is 0 Å². The molecule has 5 heteroatoms. The highest BCUT2D eigenvalue weighted by atomic mass is 19.1. The van der Waals surface area contributed by atoms with Crippen LogP contribution in [0.2, 0.25) is 0 Å². The second kappa shape index (κ2) is 8.12. The second-order valence-electron chi connectivity index (χ2n) is 6.14. The number of rotatable bonds is 6. The Morgan fingerprint density at radius 3 is 2.60 bits per heavy atom. The van der Waals surface area contributed by atoms with E-state index < -0.39 is 0 Å². The molecule has 1 unspecified atom stereocenters. The number of halogens is 1. The number of fused-ring (bicyclic) bond motifs is 1. The molecule has 2 aromatic carbocycles. The van der Waals surface area contributed by atoms with Crippen molar-refractivity contribution in [1.82, 2.24) is 4.90 Å². The van der Waals surface area contributed by atoms with E-state index in [1.165, 1.54) is 30.4 Å². The number of ether oxygens (including phenoxy) is 2. The molecule has 2 aromatic rings. The topological polar surface area (TPSA) is 38.8 Å². The Kier molecular flexibility index (Phi) is 5.66. The highest BCUT2D eigenvalue weighted by Gasteiger charge is 2.31. The van der Waals surface area contributed by atoms with Gasteiger partial charge in [0.2, 0.25) is 0 Å². The van der Waals surface area contributed by atoms with E-state index in [-0.39, 0.29) is 17.8 Å². The van der Waals surface area contributed by atoms with Crippen LogP contribution < -0.4 is 4.74 Å². The molecule has 0 aromatic heterocycles. The first-order valence-corrected chi connectivity index (χ1v) is 8.44. The van der Waals surface area contributed by atoms with Crippen molar-refractivity contribution in [2.45, 2.75) is 25.4 Å². The zero-order valence-electron chi connectivity index (χ0n) is 14.3. The third-order valence-corrected chi connectivity index (χ3v) is 4.49. The lowest BCUT2D eigenvalue weighted by Crippen LogP contribution is -2.46. The molecule has 0 radical (unpaired) electrons. The summed E-state index contributed by atoms with van der Waals surface area (Å²) in [5, 5.41) is 0. The Bertz CT molecular complexity index is 717. The van der Waals surface area contributed by atoms with E-state index in [4.69, 9.17) is 9.47 Å². The highest BCUT2D eigenvalue weighted by molar-refractivity contribution is 5.76. The number of methoxy groups -OCH3 is 1. The van der Waals surface area contributed by atoms with Crippen molar-refractivity contribution in [1.29, 1.82) is 0 Å². The Morgan fingerprint density at radius 1 is 1.16 bits per heavy atom. The van der Waals surface area contributed by atoms with Crippen LogP contribution in [0.15, 0.2) is 48.5 Å². The van der Waals surface area contributed by atoms with Crippen LogP contribution in [0.25, 0.3) is 0 Å². The summed E-state index contributed by atoms with van der Waals surface area (Å²) in [6, 6.07) is 13.9. The highest BCUT2D eigenvalue weighted by Crippen LogP contribution is 2.24. The third-order valence-electron chi connectivity index (χ3n) is 4.49. The molecule has 0 amide bonds. The van der Waals surface area contributed by atoms with Gasteiger partial charge in [-0.15, -0.1) is 0 Å². The Balaban J connectivity index is 1.57. The average molecular weight is 343 g/mol. The maximum Gasteiger partial charge on any atom is 0.323 e. The van der Waals surface area contributed by atoms with E-state index in [0.29, 0.717) is 18.8 Å². The predicted molar refractivity (Wildman–Crippen MR) is 92.9 cm³/mol. The van der Waals surface area contributed by atoms with E-state index >= 15 is 0 Å². The first-order valence-electron chi connectivity index (χ1n) is 8.44. The SMILES string of the molecule is COC(=O)C1Cc2ccccc2CN1CCCOc1ccc(F)cc1. The van der Waals surface area contributed by atoms with Gasteiger partial charge in [-0.25, -0.2) is 4.39 Å². The fraction of sp³-hybridized carbons (Fsp3) is 0.350. The summed E-state index contributed by atoms with van der Waals surface area (Å²) in [4.78, 5) is 14.3. The van der Waals surface area contributed by atoms with Crippen LogP contribution in [-0.4, -0.2) is 37.2 Å². The van der Waals surface area contributed by atoms with Crippen LogP contribution in [0.5, 0.6) is 5.75 Å². The molecule has 1 aliphatic heterocycles. The molecule has 0 saturated carbocycles. The van der Waals surface area contributed by atoms with Gasteiger partial charge in [0.25, 0.3) is 0 Å². The summed E-state index contributed by atoms with van der Waals surface area (Å²) >= 11 is 0. The molecule has 4 nitrogen and oxygen atoms in total. The minimum Gasteiger partial charge on any atom is -0.494 e. The Morgan fingerprint density at radius 2 is 1.88 bits per heavy atom. The second-order valence-corrected chi connectivity index (χ2v) is 6.14. The zero-order chi connectivity index (χ0) is 17.6. The molecule has 3 rings (SSSR count). The summed E-state index contributed by atoms with van der Waals surface area (Å²) in [6.07, 6.45) is 1.44. The van der Waals surface area contributed by atoms with Crippen LogP contribution in [-0.2, 0) is 22.5 Å². The van der Waals surface area contributed by atoms with Gasteiger partial charge in [0.15, 0.2) is 0 Å². The quantitative estimate of drug-likeness (QED) is 0.596. The lowest BCUT2D eigenvalue weighted by molar-refractivity contribution is -0.147. The fourth-order valence-electron chi connectivity index (χ4n) is 3.17. The molecular formula is C20H22FNO3. The molecule has 1 heterocycles. The van der Waals surface area contributed by atoms with Gasteiger partial charge in [0, 0.05) is 13.1 Å². The number of hydrogen-bond acceptors (Lipinski definition) is 4. The fourth-order valence-corrected chi connectivity index (χ4v) is 3.17. The third kappa shape index (κ3) is 4.37. The van der Waals surface area contributed by atoms with Crippen molar-refractivity contribution in [3.05, 3.63) is 65.5 Å². The lowest BCUT2D eigenvalue weighted by Gasteiger charge is -2.35. The van der Waals surface area contributed by atoms with Gasteiger partial charge in [0.05, 0.1) is 13.7 Å². The first-order chi connectivity index (χ1) is 12.2. The summed E-state index contributed by atoms with van der Waals surface area (Å²) in [7, 11) is 1.43. The van der Waals surface area contributed by atoms with Crippen molar-refractivity contribution in [3.63, 3.8) is 0 Å². The van der Waals surface area contributed by atoms with Crippen LogP contribution in [0.3, 0.4) is 0 Å². The number of benzene rings is 2. The molecule has 0 bridgehead atoms. The normalized spacial score (nSPS) is 17.0. The molecule has 1 atom stereocenters. The largest absolute Gasteiger partial charge is 0.494 e. The van der Waals surface area contributed by atoms with Gasteiger partial charge in [-0.1, -0.05) is 24.3 Å². The molecule has 25 heavy (non-hydrogen) atoms. The summed E-state index contributed by atoms with van der Waals surface area (Å²) < 4.78 is 23.5. The van der Waals surface area contributed by atoms with Gasteiger partial charge in [0.1, 0.15) is 17.6 Å². The predicted octanol–water partition coefficient (Wildman–Crippen LogP) is 3.19. The maximum absolute atomic E-state index is 12.9. The number of esters is 1. The molecule has 0 fully saturated rings. The number of carbonyl (C=O) groups excluding carboxylic acids is 1. The van der Waals surface area contributed by atoms with Gasteiger partial charge in [-0.2, -0.15) is 0 Å². The molecular weight excluding hydrogens is 321 g/mol. The van der Waals surface area contributed by atoms with E-state index in [1.807, 2.05) is 12.1 Å². The van der Waals surface area contributed by atoms with E-state index in [0.717, 1.165) is 19.5 Å². The average Bonchev–Trinajstić information content (AvgIpc) is 2.65. The smallest absolute Gasteiger partial charge is 0.323 e. The Labute approximate surface area is 147 Å². The van der Waals surface area contributed by atoms with Gasteiger partial charge < -0.3 is 9.47 Å². The van der Waals surface area contributed by atoms with Crippen LogP contribution in [0.1, 0.15) is 17.5 Å². The van der Waals surface area contributed by atoms with Crippen LogP contribution in [0.4, 0.5) is 4.39 Å². The van der Waals surface area contributed by atoms with E-state index in [1.54, 1.807) is 12.1 Å². The molecule has 1 aliphatic rings. The molecule has 0 N–H and O–H groups in total. The van der Waals surface area contributed by atoms with Crippen molar-refractivity contribution in [3.8, 4) is 5.75 Å². The van der Waals surface area contributed by atoms with E-state index in [2.05, 4.69) is 17.0 Å². The minimum absolute atomic E-state index is 0.200. The van der Waals surface area contributed by atoms with Crippen molar-refractivity contribution in [2.24, 2.45) is 0 Å². The standard InChI is InChI=1S/C20H22FNO3/c1-24-20(23)19-13-15-5-2-3-6-16(15)14-22(19)11-4-12-25-18-9-7-17(21)8-10-18/h2-3,5-10,19H,4,11-14H2,1H3. The van der Waals surface area contributed by atoms with Gasteiger partial charge >= 0.3 is 5.97 Å². The van der Waals surface area contributed by atoms with Crippen molar-refractivity contribution >= 4 is 5.97 Å². The van der Waals surface area contributed by atoms with Crippen molar-refractivity contribution < 1.29 is 18.7 Å². The molecule has 0 spiro atoms. The summed E-state index contributed by atoms with van der Waals surface area (Å²) in [5.41, 5.74) is 2.46. The van der Waals surface area contributed by atoms with Crippen molar-refractivity contribution in [2.75, 3.05) is 20.3 Å². The molecule has 0 saturated heterocycles. The zero-order valence-corrected chi connectivity index (χ0v) is 14.3. The number of hydrogen-bond donors (Lipinski definition) is 0. The lowest BCUT2D eigenvalue weighted by atomic mass is 9.94. The number of nitrogens with zero attached hydrogens (tertiary/aromatic N) is 1. The Hall–Kier alpha value is -2.40. The molecule has 132 valence electrons. The van der Waals surface area contributed by atoms with E-state index in [9.17, 15) is 9.18 Å². The number of carbonyl (C=O) groups is 1. The monoisotopic (exact) mass is 343 g/mol. The summed E-state index contributed by atoms with van der Waals surface area (Å²) in [5.74, 6) is 0.170. The van der Waals surface area contributed by atoms with Gasteiger partial charge in [-0.05, 0) is 48.2 Å². The minimum atomic E-state index is -0.278. The summed E-state index contributed by atoms with van der Waals surface area (Å²) in [6.45, 7) is 1.97. The first kappa shape index (κ1) is 17.4. The maximum atomic E-state index is 12.9.